The van der Waals surface area contributed by atoms with E-state index >= 15 is 0 Å². The standard InChI is InChI=1S/C17H25ClN2O/c1-3-4-5-6-7-8-9-17(21)20-19-14(2)15-10-12-16(18)13-11-15/h10-13H,3-9H2,1-2H3,(H,20,21)/b19-14+. The van der Waals surface area contributed by atoms with Crippen LogP contribution in [0.2, 0.25) is 5.02 Å². The first-order valence-electron chi connectivity index (χ1n) is 7.72. The van der Waals surface area contributed by atoms with Crippen LogP contribution in [0.15, 0.2) is 29.4 Å². The van der Waals surface area contributed by atoms with Crippen molar-refractivity contribution in [3.8, 4) is 0 Å². The molecular weight excluding hydrogens is 284 g/mol. The number of rotatable bonds is 9. The molecule has 0 atom stereocenters. The highest BCUT2D eigenvalue weighted by molar-refractivity contribution is 6.30. The van der Waals surface area contributed by atoms with Gasteiger partial charge in [-0.25, -0.2) is 5.43 Å². The summed E-state index contributed by atoms with van der Waals surface area (Å²) < 4.78 is 0. The van der Waals surface area contributed by atoms with Crippen LogP contribution in [0.1, 0.15) is 64.4 Å². The van der Waals surface area contributed by atoms with E-state index in [0.29, 0.717) is 11.4 Å². The maximum atomic E-state index is 11.7. The highest BCUT2D eigenvalue weighted by Crippen LogP contribution is 2.10. The molecule has 0 heterocycles. The minimum Gasteiger partial charge on any atom is -0.273 e. The third-order valence-corrected chi connectivity index (χ3v) is 3.62. The van der Waals surface area contributed by atoms with Crippen LogP contribution in [0.3, 0.4) is 0 Å². The molecular formula is C17H25ClN2O. The molecule has 0 radical (unpaired) electrons. The van der Waals surface area contributed by atoms with Gasteiger partial charge in [-0.3, -0.25) is 4.79 Å². The summed E-state index contributed by atoms with van der Waals surface area (Å²) in [6, 6.07) is 7.41. The summed E-state index contributed by atoms with van der Waals surface area (Å²) in [5.41, 5.74) is 4.35. The van der Waals surface area contributed by atoms with Gasteiger partial charge in [-0.2, -0.15) is 5.10 Å². The Morgan fingerprint density at radius 1 is 1.10 bits per heavy atom. The van der Waals surface area contributed by atoms with Crippen LogP contribution in [0, 0.1) is 0 Å². The first-order valence-corrected chi connectivity index (χ1v) is 8.10. The summed E-state index contributed by atoms with van der Waals surface area (Å²) in [7, 11) is 0. The molecule has 21 heavy (non-hydrogen) atoms. The fraction of sp³-hybridized carbons (Fsp3) is 0.529. The van der Waals surface area contributed by atoms with Gasteiger partial charge in [-0.15, -0.1) is 0 Å². The first-order chi connectivity index (χ1) is 10.1. The molecule has 0 aromatic heterocycles. The van der Waals surface area contributed by atoms with Gasteiger partial charge in [-0.1, -0.05) is 62.8 Å². The highest BCUT2D eigenvalue weighted by atomic mass is 35.5. The molecule has 0 saturated carbocycles. The van der Waals surface area contributed by atoms with E-state index in [4.69, 9.17) is 11.6 Å². The number of amides is 1. The van der Waals surface area contributed by atoms with E-state index in [-0.39, 0.29) is 5.91 Å². The average molecular weight is 309 g/mol. The van der Waals surface area contributed by atoms with Crippen molar-refractivity contribution in [3.63, 3.8) is 0 Å². The predicted octanol–water partition coefficient (Wildman–Crippen LogP) is 4.93. The Morgan fingerprint density at radius 2 is 1.71 bits per heavy atom. The lowest BCUT2D eigenvalue weighted by Gasteiger charge is -2.03. The Hall–Kier alpha value is -1.35. The Labute approximate surface area is 132 Å². The quantitative estimate of drug-likeness (QED) is 0.392. The smallest absolute Gasteiger partial charge is 0.240 e. The maximum absolute atomic E-state index is 11.7. The van der Waals surface area contributed by atoms with E-state index in [1.54, 1.807) is 0 Å². The molecule has 0 aliphatic rings. The number of carbonyl (C=O) groups excluding carboxylic acids is 1. The van der Waals surface area contributed by atoms with E-state index in [2.05, 4.69) is 17.5 Å². The van der Waals surface area contributed by atoms with Gasteiger partial charge in [0.1, 0.15) is 0 Å². The fourth-order valence-electron chi connectivity index (χ4n) is 2.02. The highest BCUT2D eigenvalue weighted by Gasteiger charge is 2.01. The molecule has 3 nitrogen and oxygen atoms in total. The van der Waals surface area contributed by atoms with E-state index < -0.39 is 0 Å². The second-order valence-electron chi connectivity index (χ2n) is 5.26. The zero-order valence-electron chi connectivity index (χ0n) is 13.0. The van der Waals surface area contributed by atoms with Crippen LogP contribution >= 0.6 is 11.6 Å². The third-order valence-electron chi connectivity index (χ3n) is 3.37. The first kappa shape index (κ1) is 17.7. The maximum Gasteiger partial charge on any atom is 0.240 e. The van der Waals surface area contributed by atoms with Crippen molar-refractivity contribution < 1.29 is 4.79 Å². The van der Waals surface area contributed by atoms with Gasteiger partial charge in [0.2, 0.25) is 5.91 Å². The zero-order chi connectivity index (χ0) is 15.5. The van der Waals surface area contributed by atoms with Crippen molar-refractivity contribution in [2.45, 2.75) is 58.8 Å². The van der Waals surface area contributed by atoms with Gasteiger partial charge in [0.05, 0.1) is 5.71 Å². The largest absolute Gasteiger partial charge is 0.273 e. The number of hydrogen-bond donors (Lipinski definition) is 1. The summed E-state index contributed by atoms with van der Waals surface area (Å²) >= 11 is 5.84. The van der Waals surface area contributed by atoms with Crippen LogP contribution in [-0.2, 0) is 4.79 Å². The van der Waals surface area contributed by atoms with Crippen molar-refractivity contribution in [2.24, 2.45) is 5.10 Å². The summed E-state index contributed by atoms with van der Waals surface area (Å²) in [5.74, 6) is -0.0150. The molecule has 0 bridgehead atoms. The van der Waals surface area contributed by atoms with Crippen molar-refractivity contribution in [3.05, 3.63) is 34.9 Å². The monoisotopic (exact) mass is 308 g/mol. The Balaban J connectivity index is 2.25. The Kier molecular flexibility index (Phi) is 8.76. The van der Waals surface area contributed by atoms with E-state index in [9.17, 15) is 4.79 Å². The van der Waals surface area contributed by atoms with Gasteiger partial charge >= 0.3 is 0 Å². The van der Waals surface area contributed by atoms with Crippen molar-refractivity contribution >= 4 is 23.2 Å². The van der Waals surface area contributed by atoms with Crippen LogP contribution in [0.25, 0.3) is 0 Å². The molecule has 1 rings (SSSR count). The lowest BCUT2D eigenvalue weighted by molar-refractivity contribution is -0.121. The normalized spacial score (nSPS) is 11.5. The third kappa shape index (κ3) is 7.86. The van der Waals surface area contributed by atoms with Gasteiger partial charge in [0.15, 0.2) is 0 Å². The molecule has 0 aliphatic heterocycles. The number of nitrogens with zero attached hydrogens (tertiary/aromatic N) is 1. The SMILES string of the molecule is CCCCCCCCC(=O)N/N=C(\C)c1ccc(Cl)cc1. The fourth-order valence-corrected chi connectivity index (χ4v) is 2.15. The van der Waals surface area contributed by atoms with Gasteiger partial charge in [-0.05, 0) is 31.0 Å². The number of unbranched alkanes of at least 4 members (excludes halogenated alkanes) is 5. The van der Waals surface area contributed by atoms with E-state index in [1.807, 2.05) is 31.2 Å². The minimum absolute atomic E-state index is 0.0150. The number of benzene rings is 1. The van der Waals surface area contributed by atoms with Crippen molar-refractivity contribution in [1.29, 1.82) is 0 Å². The lowest BCUT2D eigenvalue weighted by atomic mass is 10.1. The summed E-state index contributed by atoms with van der Waals surface area (Å²) in [4.78, 5) is 11.7. The van der Waals surface area contributed by atoms with Crippen LogP contribution in [-0.4, -0.2) is 11.6 Å². The van der Waals surface area contributed by atoms with Gasteiger partial charge in [0.25, 0.3) is 0 Å². The van der Waals surface area contributed by atoms with E-state index in [1.165, 1.54) is 25.7 Å². The Bertz CT molecular complexity index is 454. The number of nitrogens with one attached hydrogen (secondary N) is 1. The van der Waals surface area contributed by atoms with E-state index in [0.717, 1.165) is 24.1 Å². The molecule has 0 fully saturated rings. The lowest BCUT2D eigenvalue weighted by Crippen LogP contribution is -2.18. The second kappa shape index (κ2) is 10.4. The topological polar surface area (TPSA) is 41.5 Å². The van der Waals surface area contributed by atoms with Crippen LogP contribution in [0.5, 0.6) is 0 Å². The molecule has 4 heteroatoms. The van der Waals surface area contributed by atoms with Crippen LogP contribution in [0.4, 0.5) is 0 Å². The molecule has 0 unspecified atom stereocenters. The number of halogens is 1. The van der Waals surface area contributed by atoms with Crippen molar-refractivity contribution in [2.75, 3.05) is 0 Å². The number of carbonyl (C=O) groups is 1. The molecule has 1 amide bonds. The summed E-state index contributed by atoms with van der Waals surface area (Å²) in [6.45, 7) is 4.07. The van der Waals surface area contributed by atoms with Crippen LogP contribution < -0.4 is 5.43 Å². The van der Waals surface area contributed by atoms with Crippen molar-refractivity contribution in [1.82, 2.24) is 5.43 Å². The number of hydrazone groups is 1. The second-order valence-corrected chi connectivity index (χ2v) is 5.69. The molecule has 1 aromatic carbocycles. The summed E-state index contributed by atoms with van der Waals surface area (Å²) in [6.07, 6.45) is 7.62. The average Bonchev–Trinajstić information content (AvgIpc) is 2.49. The number of hydrogen-bond acceptors (Lipinski definition) is 2. The molecule has 1 N–H and O–H groups in total. The molecule has 0 saturated heterocycles. The predicted molar refractivity (Wildman–Crippen MR) is 89.8 cm³/mol. The van der Waals surface area contributed by atoms with Gasteiger partial charge < -0.3 is 0 Å². The molecule has 0 aliphatic carbocycles. The van der Waals surface area contributed by atoms with Gasteiger partial charge in [0, 0.05) is 11.4 Å². The molecule has 1 aromatic rings. The molecule has 0 spiro atoms. The minimum atomic E-state index is -0.0150. The Morgan fingerprint density at radius 3 is 2.38 bits per heavy atom. The summed E-state index contributed by atoms with van der Waals surface area (Å²) in [5, 5.41) is 4.82. The zero-order valence-corrected chi connectivity index (χ0v) is 13.7. The molecule has 116 valence electrons.